The zero-order valence-electron chi connectivity index (χ0n) is 12.7. The van der Waals surface area contributed by atoms with Crippen molar-refractivity contribution < 1.29 is 9.00 Å². The predicted octanol–water partition coefficient (Wildman–Crippen LogP) is 3.84. The summed E-state index contributed by atoms with van der Waals surface area (Å²) in [6.07, 6.45) is 5.40. The third kappa shape index (κ3) is 3.03. The van der Waals surface area contributed by atoms with Crippen LogP contribution in [-0.4, -0.2) is 21.4 Å². The van der Waals surface area contributed by atoms with E-state index in [4.69, 9.17) is 11.6 Å². The number of rotatable bonds is 3. The zero-order chi connectivity index (χ0) is 16.5. The molecule has 0 N–H and O–H groups in total. The Labute approximate surface area is 141 Å². The molecule has 4 nitrogen and oxygen atoms in total. The van der Waals surface area contributed by atoms with Gasteiger partial charge in [0.25, 0.3) is 5.91 Å². The summed E-state index contributed by atoms with van der Waals surface area (Å²) < 4.78 is 16.9. The number of pyridine rings is 1. The van der Waals surface area contributed by atoms with E-state index >= 15 is 0 Å². The van der Waals surface area contributed by atoms with Gasteiger partial charge in [0.2, 0.25) is 0 Å². The van der Waals surface area contributed by atoms with Gasteiger partial charge in [-0.25, -0.2) is 9.19 Å². The Bertz CT molecular complexity index is 837. The summed E-state index contributed by atoms with van der Waals surface area (Å²) in [4.78, 5) is 16.9. The van der Waals surface area contributed by atoms with Crippen LogP contribution in [0.15, 0.2) is 58.1 Å². The summed E-state index contributed by atoms with van der Waals surface area (Å²) in [7, 11) is -2.85. The maximum atomic E-state index is 12.8. The van der Waals surface area contributed by atoms with E-state index in [0.29, 0.717) is 22.9 Å². The van der Waals surface area contributed by atoms with Gasteiger partial charge in [-0.3, -0.25) is 4.79 Å². The van der Waals surface area contributed by atoms with E-state index in [1.54, 1.807) is 36.5 Å². The molecule has 1 fully saturated rings. The van der Waals surface area contributed by atoms with Crippen molar-refractivity contribution in [3.05, 3.63) is 59.2 Å². The van der Waals surface area contributed by atoms with E-state index in [9.17, 15) is 9.00 Å². The number of nitrogens with zero attached hydrogens (tertiary/aromatic N) is 2. The molecule has 1 aliphatic carbocycles. The first-order valence-corrected chi connectivity index (χ1v) is 9.68. The maximum absolute atomic E-state index is 12.8. The Hall–Kier alpha value is -1.72. The van der Waals surface area contributed by atoms with Crippen molar-refractivity contribution in [2.75, 3.05) is 6.26 Å². The summed E-state index contributed by atoms with van der Waals surface area (Å²) in [6, 6.07) is 12.4. The third-order valence-corrected chi connectivity index (χ3v) is 6.08. The fraction of sp³-hybridized carbons (Fsp3) is 0.294. The highest BCUT2D eigenvalue weighted by Crippen LogP contribution is 2.45. The molecular formula is C17H17ClN2O2S. The number of aromatic nitrogens is 1. The van der Waals surface area contributed by atoms with Gasteiger partial charge < -0.3 is 0 Å². The molecule has 0 bridgehead atoms. The highest BCUT2D eigenvalue weighted by Gasteiger charge is 2.46. The molecule has 1 unspecified atom stereocenters. The van der Waals surface area contributed by atoms with Crippen LogP contribution in [0.4, 0.5) is 0 Å². The van der Waals surface area contributed by atoms with Crippen molar-refractivity contribution in [3.8, 4) is 0 Å². The van der Waals surface area contributed by atoms with Crippen LogP contribution in [0.2, 0.25) is 5.02 Å². The number of carbonyl (C=O) groups is 1. The molecular weight excluding hydrogens is 332 g/mol. The molecule has 1 aliphatic rings. The fourth-order valence-electron chi connectivity index (χ4n) is 2.79. The monoisotopic (exact) mass is 348 g/mol. The van der Waals surface area contributed by atoms with E-state index in [0.717, 1.165) is 12.0 Å². The molecule has 1 aromatic heterocycles. The third-order valence-electron chi connectivity index (χ3n) is 4.30. The lowest BCUT2D eigenvalue weighted by atomic mass is 9.64. The lowest BCUT2D eigenvalue weighted by Gasteiger charge is -2.39. The van der Waals surface area contributed by atoms with Crippen molar-refractivity contribution in [2.45, 2.75) is 29.7 Å². The lowest BCUT2D eigenvalue weighted by molar-refractivity contribution is -0.126. The van der Waals surface area contributed by atoms with Gasteiger partial charge >= 0.3 is 0 Å². The van der Waals surface area contributed by atoms with Crippen LogP contribution >= 0.6 is 11.6 Å². The van der Waals surface area contributed by atoms with E-state index in [1.165, 1.54) is 6.26 Å². The largest absolute Gasteiger partial charge is 0.271 e. The summed E-state index contributed by atoms with van der Waals surface area (Å²) in [6.45, 7) is 0. The Balaban J connectivity index is 2.00. The molecule has 3 rings (SSSR count). The summed E-state index contributed by atoms with van der Waals surface area (Å²) in [5.41, 5.74) is 0.219. The molecule has 1 heterocycles. The standard InChI is InChI=1S/C17H17ClN2O2S/c1-23(22,15-5-2-3-12-19-15)20-16(21)17(10-4-11-17)13-6-8-14(18)9-7-13/h2-3,5-9,12H,4,10-11H2,1H3. The Morgan fingerprint density at radius 2 is 1.91 bits per heavy atom. The summed E-state index contributed by atoms with van der Waals surface area (Å²) >= 11 is 5.93. The van der Waals surface area contributed by atoms with Gasteiger partial charge in [-0.05, 0) is 42.7 Å². The van der Waals surface area contributed by atoms with Crippen molar-refractivity contribution in [1.29, 1.82) is 0 Å². The average molecular weight is 349 g/mol. The first-order valence-electron chi connectivity index (χ1n) is 7.38. The Morgan fingerprint density at radius 3 is 2.43 bits per heavy atom. The minimum Gasteiger partial charge on any atom is -0.271 e. The van der Waals surface area contributed by atoms with Crippen LogP contribution in [0, 0.1) is 0 Å². The molecule has 0 aliphatic heterocycles. The fourth-order valence-corrected chi connectivity index (χ4v) is 4.09. The van der Waals surface area contributed by atoms with Gasteiger partial charge in [-0.15, -0.1) is 0 Å². The second-order valence-corrected chi connectivity index (χ2v) is 8.45. The summed E-state index contributed by atoms with van der Waals surface area (Å²) in [5.74, 6) is -0.329. The molecule has 23 heavy (non-hydrogen) atoms. The smallest absolute Gasteiger partial charge is 0.264 e. The van der Waals surface area contributed by atoms with Crippen LogP contribution in [-0.2, 0) is 19.9 Å². The number of halogens is 1. The normalized spacial score (nSPS) is 18.5. The zero-order valence-corrected chi connectivity index (χ0v) is 14.3. The van der Waals surface area contributed by atoms with Crippen LogP contribution in [0.25, 0.3) is 0 Å². The van der Waals surface area contributed by atoms with Crippen molar-refractivity contribution in [3.63, 3.8) is 0 Å². The van der Waals surface area contributed by atoms with Gasteiger partial charge in [-0.1, -0.05) is 36.2 Å². The molecule has 1 saturated carbocycles. The van der Waals surface area contributed by atoms with Crippen molar-refractivity contribution >= 4 is 27.2 Å². The van der Waals surface area contributed by atoms with Crippen LogP contribution < -0.4 is 0 Å². The highest BCUT2D eigenvalue weighted by molar-refractivity contribution is 7.93. The van der Waals surface area contributed by atoms with Crippen molar-refractivity contribution in [2.24, 2.45) is 4.36 Å². The predicted molar refractivity (Wildman–Crippen MR) is 91.0 cm³/mol. The number of hydrogen-bond donors (Lipinski definition) is 0. The second-order valence-electron chi connectivity index (χ2n) is 5.81. The lowest BCUT2D eigenvalue weighted by Crippen LogP contribution is -2.42. The summed E-state index contributed by atoms with van der Waals surface area (Å²) in [5, 5.41) is 0.958. The van der Waals surface area contributed by atoms with Crippen LogP contribution in [0.1, 0.15) is 24.8 Å². The molecule has 1 amide bonds. The SMILES string of the molecule is CS(=O)(=NC(=O)C1(c2ccc(Cl)cc2)CCC1)c1ccccn1. The van der Waals surface area contributed by atoms with E-state index in [1.807, 2.05) is 12.1 Å². The topological polar surface area (TPSA) is 59.4 Å². The molecule has 6 heteroatoms. The molecule has 0 saturated heterocycles. The minimum atomic E-state index is -2.85. The van der Waals surface area contributed by atoms with Gasteiger partial charge in [0, 0.05) is 17.5 Å². The molecule has 1 aromatic carbocycles. The molecule has 0 radical (unpaired) electrons. The first-order chi connectivity index (χ1) is 10.9. The van der Waals surface area contributed by atoms with Crippen molar-refractivity contribution in [1.82, 2.24) is 4.98 Å². The number of hydrogen-bond acceptors (Lipinski definition) is 3. The number of benzene rings is 1. The average Bonchev–Trinajstić information content (AvgIpc) is 2.48. The van der Waals surface area contributed by atoms with Gasteiger partial charge in [-0.2, -0.15) is 4.36 Å². The van der Waals surface area contributed by atoms with Crippen LogP contribution in [0.3, 0.4) is 0 Å². The molecule has 2 aromatic rings. The first kappa shape index (κ1) is 16.1. The number of carbonyl (C=O) groups excluding carboxylic acids is 1. The van der Waals surface area contributed by atoms with Gasteiger partial charge in [0.15, 0.2) is 0 Å². The van der Waals surface area contributed by atoms with E-state index in [-0.39, 0.29) is 5.91 Å². The molecule has 0 spiro atoms. The Morgan fingerprint density at radius 1 is 1.22 bits per heavy atom. The second kappa shape index (κ2) is 6.06. The Kier molecular flexibility index (Phi) is 4.25. The van der Waals surface area contributed by atoms with Gasteiger partial charge in [0.1, 0.15) is 5.03 Å². The van der Waals surface area contributed by atoms with E-state index < -0.39 is 15.1 Å². The minimum absolute atomic E-state index is 0.329. The van der Waals surface area contributed by atoms with Crippen LogP contribution in [0.5, 0.6) is 0 Å². The highest BCUT2D eigenvalue weighted by atomic mass is 35.5. The van der Waals surface area contributed by atoms with E-state index in [2.05, 4.69) is 9.35 Å². The van der Waals surface area contributed by atoms with Gasteiger partial charge in [0.05, 0.1) is 15.1 Å². The number of amides is 1. The maximum Gasteiger partial charge on any atom is 0.264 e. The molecule has 1 atom stereocenters. The molecule has 120 valence electrons. The quantitative estimate of drug-likeness (QED) is 0.846.